The first kappa shape index (κ1) is 13.2. The molecule has 106 valence electrons. The summed E-state index contributed by atoms with van der Waals surface area (Å²) in [6.07, 6.45) is 6.67. The quantitative estimate of drug-likeness (QED) is 0.910. The maximum Gasteiger partial charge on any atom is 0.265 e. The van der Waals surface area contributed by atoms with E-state index >= 15 is 0 Å². The van der Waals surface area contributed by atoms with Gasteiger partial charge < -0.3 is 9.88 Å². The molecule has 7 heteroatoms. The molecular weight excluding hydrogens is 274 g/mol. The highest BCUT2D eigenvalue weighted by atomic mass is 32.1. The van der Waals surface area contributed by atoms with Crippen LogP contribution < -0.4 is 5.32 Å². The second-order valence-corrected chi connectivity index (χ2v) is 5.84. The van der Waals surface area contributed by atoms with Gasteiger partial charge in [0.2, 0.25) is 0 Å². The van der Waals surface area contributed by atoms with Gasteiger partial charge in [-0.2, -0.15) is 0 Å². The molecule has 1 N–H and O–H groups in total. The third-order valence-corrected chi connectivity index (χ3v) is 4.38. The molecule has 1 saturated carbocycles. The van der Waals surface area contributed by atoms with Crippen LogP contribution in [0.2, 0.25) is 0 Å². The fraction of sp³-hybridized carbons (Fsp3) is 0.538. The van der Waals surface area contributed by atoms with Crippen molar-refractivity contribution < 1.29 is 4.79 Å². The normalized spacial score (nSPS) is 16.1. The molecule has 2 aromatic heterocycles. The lowest BCUT2D eigenvalue weighted by Gasteiger charge is -2.17. The van der Waals surface area contributed by atoms with Crippen molar-refractivity contribution in [3.8, 4) is 0 Å². The number of amides is 1. The number of aromatic nitrogens is 4. The van der Waals surface area contributed by atoms with Gasteiger partial charge in [0.1, 0.15) is 10.7 Å². The van der Waals surface area contributed by atoms with Crippen LogP contribution in [0.4, 0.5) is 0 Å². The van der Waals surface area contributed by atoms with Crippen LogP contribution in [0.25, 0.3) is 0 Å². The molecule has 0 aliphatic heterocycles. The van der Waals surface area contributed by atoms with Crippen molar-refractivity contribution in [3.63, 3.8) is 0 Å². The van der Waals surface area contributed by atoms with Gasteiger partial charge in [-0.25, -0.2) is 4.98 Å². The third kappa shape index (κ3) is 2.45. The number of carbonyl (C=O) groups excluding carboxylic acids is 1. The summed E-state index contributed by atoms with van der Waals surface area (Å²) in [7, 11) is 1.95. The Morgan fingerprint density at radius 2 is 2.40 bits per heavy atom. The van der Waals surface area contributed by atoms with Crippen LogP contribution in [0.1, 0.15) is 47.0 Å². The predicted octanol–water partition coefficient (Wildman–Crippen LogP) is 1.72. The van der Waals surface area contributed by atoms with Gasteiger partial charge in [0.15, 0.2) is 0 Å². The van der Waals surface area contributed by atoms with Crippen LogP contribution in [0.5, 0.6) is 0 Å². The summed E-state index contributed by atoms with van der Waals surface area (Å²) < 4.78 is 5.84. The summed E-state index contributed by atoms with van der Waals surface area (Å²) in [4.78, 5) is 17.4. The molecule has 1 aliphatic carbocycles. The zero-order valence-electron chi connectivity index (χ0n) is 11.5. The van der Waals surface area contributed by atoms with Crippen LogP contribution >= 0.6 is 11.5 Å². The van der Waals surface area contributed by atoms with E-state index in [1.807, 2.05) is 24.7 Å². The van der Waals surface area contributed by atoms with Crippen molar-refractivity contribution >= 4 is 17.4 Å². The smallest absolute Gasteiger partial charge is 0.265 e. The molecule has 0 spiro atoms. The van der Waals surface area contributed by atoms with E-state index in [-0.39, 0.29) is 11.9 Å². The van der Waals surface area contributed by atoms with Crippen molar-refractivity contribution in [1.82, 2.24) is 24.5 Å². The first-order valence-electron chi connectivity index (χ1n) is 6.80. The Hall–Kier alpha value is -1.76. The second-order valence-electron chi connectivity index (χ2n) is 5.09. The highest BCUT2D eigenvalue weighted by Crippen LogP contribution is 2.40. The molecule has 1 aliphatic rings. The lowest BCUT2D eigenvalue weighted by Crippen LogP contribution is -2.31. The Bertz CT molecular complexity index is 616. The van der Waals surface area contributed by atoms with Crippen LogP contribution in [-0.2, 0) is 13.5 Å². The Kier molecular flexibility index (Phi) is 3.52. The molecule has 6 nitrogen and oxygen atoms in total. The molecule has 0 saturated heterocycles. The molecule has 1 unspecified atom stereocenters. The van der Waals surface area contributed by atoms with Gasteiger partial charge >= 0.3 is 0 Å². The molecular formula is C13H17N5OS. The van der Waals surface area contributed by atoms with E-state index in [0.717, 1.165) is 42.3 Å². The van der Waals surface area contributed by atoms with Crippen molar-refractivity contribution in [1.29, 1.82) is 0 Å². The van der Waals surface area contributed by atoms with Crippen molar-refractivity contribution in [2.24, 2.45) is 13.0 Å². The minimum atomic E-state index is -0.0863. The molecule has 2 heterocycles. The van der Waals surface area contributed by atoms with E-state index in [2.05, 4.69) is 19.9 Å². The molecule has 3 rings (SSSR count). The molecule has 0 aromatic carbocycles. The number of carbonyl (C=O) groups is 1. The third-order valence-electron chi connectivity index (χ3n) is 3.61. The monoisotopic (exact) mass is 291 g/mol. The first-order chi connectivity index (χ1) is 9.70. The lowest BCUT2D eigenvalue weighted by molar-refractivity contribution is 0.0932. The average Bonchev–Trinajstić information content (AvgIpc) is 3.01. The van der Waals surface area contributed by atoms with Gasteiger partial charge in [-0.1, -0.05) is 11.4 Å². The first-order valence-corrected chi connectivity index (χ1v) is 7.57. The van der Waals surface area contributed by atoms with Gasteiger partial charge in [0.25, 0.3) is 5.91 Å². The van der Waals surface area contributed by atoms with Gasteiger partial charge in [0.05, 0.1) is 11.7 Å². The fourth-order valence-electron chi connectivity index (χ4n) is 2.32. The van der Waals surface area contributed by atoms with E-state index in [1.165, 1.54) is 0 Å². The zero-order valence-corrected chi connectivity index (χ0v) is 12.4. The maximum atomic E-state index is 12.4. The van der Waals surface area contributed by atoms with Crippen molar-refractivity contribution in [2.45, 2.75) is 32.2 Å². The largest absolute Gasteiger partial charge is 0.341 e. The molecule has 0 bridgehead atoms. The van der Waals surface area contributed by atoms with Crippen LogP contribution in [0.15, 0.2) is 12.4 Å². The minimum absolute atomic E-state index is 0.0192. The van der Waals surface area contributed by atoms with Crippen LogP contribution in [0, 0.1) is 5.92 Å². The Balaban J connectivity index is 1.81. The summed E-state index contributed by atoms with van der Waals surface area (Å²) in [5.74, 6) is 1.32. The van der Waals surface area contributed by atoms with E-state index in [0.29, 0.717) is 10.8 Å². The Morgan fingerprint density at radius 3 is 3.00 bits per heavy atom. The topological polar surface area (TPSA) is 72.7 Å². The highest BCUT2D eigenvalue weighted by molar-refractivity contribution is 7.08. The molecule has 1 fully saturated rings. The van der Waals surface area contributed by atoms with E-state index in [4.69, 9.17) is 0 Å². The molecule has 20 heavy (non-hydrogen) atoms. The highest BCUT2D eigenvalue weighted by Gasteiger charge is 2.36. The number of nitrogens with one attached hydrogen (secondary N) is 1. The molecule has 1 amide bonds. The van der Waals surface area contributed by atoms with E-state index in [1.54, 1.807) is 6.20 Å². The Labute approximate surface area is 121 Å². The van der Waals surface area contributed by atoms with Gasteiger partial charge in [0, 0.05) is 19.4 Å². The number of hydrogen-bond donors (Lipinski definition) is 1. The molecule has 0 radical (unpaired) electrons. The molecule has 2 aromatic rings. The number of aryl methyl sites for hydroxylation is 2. The fourth-order valence-corrected chi connectivity index (χ4v) is 2.97. The van der Waals surface area contributed by atoms with Gasteiger partial charge in [-0.15, -0.1) is 5.10 Å². The predicted molar refractivity (Wildman–Crippen MR) is 75.4 cm³/mol. The van der Waals surface area contributed by atoms with Gasteiger partial charge in [-0.3, -0.25) is 4.79 Å². The van der Waals surface area contributed by atoms with Crippen LogP contribution in [0.3, 0.4) is 0 Å². The summed E-state index contributed by atoms with van der Waals surface area (Å²) in [6, 6.07) is -0.0192. The number of imidazole rings is 1. The average molecular weight is 291 g/mol. The minimum Gasteiger partial charge on any atom is -0.341 e. The lowest BCUT2D eigenvalue weighted by atomic mass is 10.1. The number of nitrogens with zero attached hydrogens (tertiary/aromatic N) is 4. The van der Waals surface area contributed by atoms with Crippen LogP contribution in [-0.4, -0.2) is 25.0 Å². The Morgan fingerprint density at radius 1 is 1.60 bits per heavy atom. The van der Waals surface area contributed by atoms with E-state index in [9.17, 15) is 4.79 Å². The summed E-state index contributed by atoms with van der Waals surface area (Å²) in [6.45, 7) is 1.98. The van der Waals surface area contributed by atoms with Crippen molar-refractivity contribution in [2.75, 3.05) is 0 Å². The summed E-state index contributed by atoms with van der Waals surface area (Å²) in [5.41, 5.74) is 0.766. The summed E-state index contributed by atoms with van der Waals surface area (Å²) >= 11 is 1.16. The van der Waals surface area contributed by atoms with Crippen molar-refractivity contribution in [3.05, 3.63) is 28.8 Å². The number of hydrogen-bond acceptors (Lipinski definition) is 5. The standard InChI is InChI=1S/C13H17N5OS/c1-3-9-11(20-17-16-9)13(19)15-10(8-4-5-8)12-14-6-7-18(12)2/h6-8,10H,3-5H2,1-2H3,(H,15,19). The molecule has 1 atom stereocenters. The number of rotatable bonds is 5. The maximum absolute atomic E-state index is 12.4. The summed E-state index contributed by atoms with van der Waals surface area (Å²) in [5, 5.41) is 7.10. The van der Waals surface area contributed by atoms with E-state index < -0.39 is 0 Å². The SMILES string of the molecule is CCc1nnsc1C(=O)NC(c1nccn1C)C1CC1. The van der Waals surface area contributed by atoms with Gasteiger partial charge in [-0.05, 0) is 36.7 Å². The zero-order chi connectivity index (χ0) is 14.1. The second kappa shape index (κ2) is 5.32.